The molecule has 0 aliphatic rings. The zero-order valence-corrected chi connectivity index (χ0v) is 13.2. The highest BCUT2D eigenvalue weighted by Crippen LogP contribution is 2.08. The van der Waals surface area contributed by atoms with Gasteiger partial charge in [-0.25, -0.2) is 10.2 Å². The summed E-state index contributed by atoms with van der Waals surface area (Å²) in [5.74, 6) is 0. The second-order valence-corrected chi connectivity index (χ2v) is 5.81. The Balaban J connectivity index is 3.94. The third kappa shape index (κ3) is 11.7. The number of ether oxygens (including phenoxy) is 1. The summed E-state index contributed by atoms with van der Waals surface area (Å²) in [5, 5.41) is 4.14. The van der Waals surface area contributed by atoms with Gasteiger partial charge in [0.05, 0.1) is 0 Å². The molecule has 0 rings (SSSR count). The Bertz CT molecular complexity index is 280. The molecular formula is C15H30N2O2. The monoisotopic (exact) mass is 270 g/mol. The highest BCUT2D eigenvalue weighted by Gasteiger charge is 2.15. The molecule has 0 atom stereocenters. The summed E-state index contributed by atoms with van der Waals surface area (Å²) in [6.45, 7) is 9.78. The second kappa shape index (κ2) is 9.82. The molecule has 0 aliphatic heterocycles. The van der Waals surface area contributed by atoms with Crippen LogP contribution in [0.5, 0.6) is 0 Å². The van der Waals surface area contributed by atoms with Crippen LogP contribution in [0.1, 0.15) is 79.6 Å². The zero-order valence-electron chi connectivity index (χ0n) is 13.2. The van der Waals surface area contributed by atoms with Gasteiger partial charge in [0.1, 0.15) is 5.60 Å². The third-order valence-corrected chi connectivity index (χ3v) is 2.68. The number of carbonyl (C=O) groups is 1. The maximum absolute atomic E-state index is 11.5. The summed E-state index contributed by atoms with van der Waals surface area (Å²) < 4.78 is 5.13. The molecule has 4 heteroatoms. The van der Waals surface area contributed by atoms with E-state index in [9.17, 15) is 4.79 Å². The number of unbranched alkanes of at least 4 members (excludes halogenated alkanes) is 4. The van der Waals surface area contributed by atoms with Crippen LogP contribution in [-0.2, 0) is 4.74 Å². The van der Waals surface area contributed by atoms with Gasteiger partial charge >= 0.3 is 6.09 Å². The Morgan fingerprint density at radius 2 is 1.74 bits per heavy atom. The van der Waals surface area contributed by atoms with Gasteiger partial charge in [0.15, 0.2) is 0 Å². The molecule has 0 saturated carbocycles. The lowest BCUT2D eigenvalue weighted by Crippen LogP contribution is -2.30. The summed E-state index contributed by atoms with van der Waals surface area (Å²) in [4.78, 5) is 11.5. The Morgan fingerprint density at radius 1 is 1.11 bits per heavy atom. The van der Waals surface area contributed by atoms with Crippen LogP contribution >= 0.6 is 0 Å². The lowest BCUT2D eigenvalue weighted by Gasteiger charge is -2.18. The molecule has 1 amide bonds. The van der Waals surface area contributed by atoms with Crippen molar-refractivity contribution in [1.29, 1.82) is 0 Å². The van der Waals surface area contributed by atoms with E-state index in [0.29, 0.717) is 0 Å². The number of hydrogen-bond donors (Lipinski definition) is 1. The predicted octanol–water partition coefficient (Wildman–Crippen LogP) is 4.64. The van der Waals surface area contributed by atoms with Crippen molar-refractivity contribution < 1.29 is 9.53 Å². The minimum absolute atomic E-state index is 0.480. The fourth-order valence-corrected chi connectivity index (χ4v) is 1.67. The molecule has 0 spiro atoms. The minimum Gasteiger partial charge on any atom is -0.443 e. The zero-order chi connectivity index (χ0) is 14.7. The molecule has 0 fully saturated rings. The summed E-state index contributed by atoms with van der Waals surface area (Å²) in [7, 11) is 0. The minimum atomic E-state index is -0.482. The quantitative estimate of drug-likeness (QED) is 0.397. The van der Waals surface area contributed by atoms with Gasteiger partial charge in [0, 0.05) is 5.71 Å². The standard InChI is InChI=1S/C15H30N2O2/c1-6-8-9-10-11-12-13(7-2)16-17-14(18)19-15(3,4)5/h6-12H2,1-5H3,(H,17,18). The van der Waals surface area contributed by atoms with E-state index in [0.717, 1.165) is 25.0 Å². The van der Waals surface area contributed by atoms with Crippen molar-refractivity contribution in [3.05, 3.63) is 0 Å². The number of carbonyl (C=O) groups excluding carboxylic acids is 1. The average Bonchev–Trinajstić information content (AvgIpc) is 2.30. The average molecular weight is 270 g/mol. The molecule has 0 aliphatic carbocycles. The smallest absolute Gasteiger partial charge is 0.428 e. The van der Waals surface area contributed by atoms with E-state index >= 15 is 0 Å². The van der Waals surface area contributed by atoms with Crippen LogP contribution in [0.2, 0.25) is 0 Å². The summed E-state index contributed by atoms with van der Waals surface area (Å²) in [5.41, 5.74) is 3.02. The number of hydrogen-bond acceptors (Lipinski definition) is 3. The molecule has 1 N–H and O–H groups in total. The van der Waals surface area contributed by atoms with Crippen molar-refractivity contribution in [2.75, 3.05) is 0 Å². The van der Waals surface area contributed by atoms with Crippen LogP contribution in [0, 0.1) is 0 Å². The van der Waals surface area contributed by atoms with Gasteiger partial charge < -0.3 is 4.74 Å². The van der Waals surface area contributed by atoms with Crippen molar-refractivity contribution >= 4 is 11.8 Å². The molecule has 112 valence electrons. The molecule has 0 bridgehead atoms. The number of hydrazone groups is 1. The highest BCUT2D eigenvalue weighted by atomic mass is 16.6. The van der Waals surface area contributed by atoms with Crippen molar-refractivity contribution in [3.8, 4) is 0 Å². The molecular weight excluding hydrogens is 240 g/mol. The Labute approximate surface area is 118 Å². The molecule has 0 aromatic rings. The largest absolute Gasteiger partial charge is 0.443 e. The molecule has 0 unspecified atom stereocenters. The van der Waals surface area contributed by atoms with Gasteiger partial charge in [0.2, 0.25) is 0 Å². The van der Waals surface area contributed by atoms with E-state index < -0.39 is 11.7 Å². The first-order valence-electron chi connectivity index (χ1n) is 7.43. The maximum atomic E-state index is 11.5. The van der Waals surface area contributed by atoms with E-state index in [1.54, 1.807) is 0 Å². The molecule has 4 nitrogen and oxygen atoms in total. The summed E-state index contributed by atoms with van der Waals surface area (Å²) in [6.07, 6.45) is 7.56. The van der Waals surface area contributed by atoms with E-state index in [1.807, 2.05) is 20.8 Å². The fourth-order valence-electron chi connectivity index (χ4n) is 1.67. The van der Waals surface area contributed by atoms with Crippen LogP contribution in [0.3, 0.4) is 0 Å². The molecule has 0 heterocycles. The third-order valence-electron chi connectivity index (χ3n) is 2.68. The van der Waals surface area contributed by atoms with Crippen LogP contribution in [0.4, 0.5) is 4.79 Å². The van der Waals surface area contributed by atoms with Crippen LogP contribution < -0.4 is 5.43 Å². The molecule has 0 aromatic heterocycles. The predicted molar refractivity (Wildman–Crippen MR) is 80.5 cm³/mol. The van der Waals surface area contributed by atoms with Gasteiger partial charge in [-0.2, -0.15) is 5.10 Å². The topological polar surface area (TPSA) is 50.7 Å². The fraction of sp³-hybridized carbons (Fsp3) is 0.867. The highest BCUT2D eigenvalue weighted by molar-refractivity contribution is 5.85. The van der Waals surface area contributed by atoms with Crippen molar-refractivity contribution in [2.45, 2.75) is 85.2 Å². The van der Waals surface area contributed by atoms with Gasteiger partial charge in [-0.05, 0) is 40.0 Å². The van der Waals surface area contributed by atoms with Crippen LogP contribution in [-0.4, -0.2) is 17.4 Å². The van der Waals surface area contributed by atoms with E-state index in [1.165, 1.54) is 25.7 Å². The van der Waals surface area contributed by atoms with Gasteiger partial charge in [0.25, 0.3) is 0 Å². The normalized spacial score (nSPS) is 12.4. The Hall–Kier alpha value is -1.06. The summed E-state index contributed by atoms with van der Waals surface area (Å²) in [6, 6.07) is 0. The lowest BCUT2D eigenvalue weighted by atomic mass is 10.1. The van der Waals surface area contributed by atoms with E-state index in [4.69, 9.17) is 4.74 Å². The van der Waals surface area contributed by atoms with Crippen molar-refractivity contribution in [2.24, 2.45) is 5.10 Å². The number of nitrogens with zero attached hydrogens (tertiary/aromatic N) is 1. The van der Waals surface area contributed by atoms with Gasteiger partial charge in [-0.15, -0.1) is 0 Å². The maximum Gasteiger partial charge on any atom is 0.428 e. The molecule has 19 heavy (non-hydrogen) atoms. The first kappa shape index (κ1) is 17.9. The van der Waals surface area contributed by atoms with Crippen LogP contribution in [0.15, 0.2) is 5.10 Å². The van der Waals surface area contributed by atoms with Gasteiger partial charge in [-0.3, -0.25) is 0 Å². The summed E-state index contributed by atoms with van der Waals surface area (Å²) >= 11 is 0. The molecule has 0 aromatic carbocycles. The van der Waals surface area contributed by atoms with Gasteiger partial charge in [-0.1, -0.05) is 39.5 Å². The molecule has 0 radical (unpaired) electrons. The molecule has 0 saturated heterocycles. The van der Waals surface area contributed by atoms with Crippen molar-refractivity contribution in [3.63, 3.8) is 0 Å². The van der Waals surface area contributed by atoms with E-state index in [-0.39, 0.29) is 0 Å². The SMILES string of the molecule is CCCCCCCC(CC)=NNC(=O)OC(C)(C)C. The first-order valence-corrected chi connectivity index (χ1v) is 7.43. The number of nitrogens with one attached hydrogen (secondary N) is 1. The second-order valence-electron chi connectivity index (χ2n) is 5.81. The number of rotatable bonds is 8. The Morgan fingerprint density at radius 3 is 2.26 bits per heavy atom. The first-order chi connectivity index (χ1) is 8.89. The van der Waals surface area contributed by atoms with E-state index in [2.05, 4.69) is 24.4 Å². The number of amides is 1. The Kier molecular flexibility index (Phi) is 9.27. The lowest BCUT2D eigenvalue weighted by molar-refractivity contribution is 0.0529. The van der Waals surface area contributed by atoms with Crippen LogP contribution in [0.25, 0.3) is 0 Å². The van der Waals surface area contributed by atoms with Crippen molar-refractivity contribution in [1.82, 2.24) is 5.43 Å².